The van der Waals surface area contributed by atoms with Gasteiger partial charge in [0.1, 0.15) is 22.6 Å². The smallest absolute Gasteiger partial charge is 0.248 e. The molecule has 1 saturated carbocycles. The summed E-state index contributed by atoms with van der Waals surface area (Å²) in [6, 6.07) is 7.91. The van der Waals surface area contributed by atoms with E-state index in [-0.39, 0.29) is 5.41 Å². The van der Waals surface area contributed by atoms with Gasteiger partial charge in [-0.15, -0.1) is 21.5 Å². The summed E-state index contributed by atoms with van der Waals surface area (Å²) < 4.78 is 0. The zero-order valence-corrected chi connectivity index (χ0v) is 18.4. The number of amides is 1. The minimum atomic E-state index is -1.03. The number of aryl methyl sites for hydroxylation is 1. The fourth-order valence-electron chi connectivity index (χ4n) is 3.77. The highest BCUT2D eigenvalue weighted by Gasteiger charge is 2.40. The number of hydrogen-bond acceptors (Lipinski definition) is 8. The molecule has 0 aromatic carbocycles. The number of aliphatic hydroxyl groups is 1. The van der Waals surface area contributed by atoms with Gasteiger partial charge in [-0.25, -0.2) is 4.98 Å². The molecule has 1 aliphatic carbocycles. The van der Waals surface area contributed by atoms with Crippen molar-refractivity contribution in [2.75, 3.05) is 11.9 Å². The van der Waals surface area contributed by atoms with Crippen molar-refractivity contribution in [2.45, 2.75) is 51.2 Å². The van der Waals surface area contributed by atoms with Crippen LogP contribution in [0.2, 0.25) is 0 Å². The lowest BCUT2D eigenvalue weighted by molar-refractivity contribution is -0.128. The van der Waals surface area contributed by atoms with Gasteiger partial charge in [-0.3, -0.25) is 9.78 Å². The predicted octanol–water partition coefficient (Wildman–Crippen LogP) is 2.83. The molecule has 0 saturated heterocycles. The highest BCUT2D eigenvalue weighted by atomic mass is 32.1. The molecule has 3 N–H and O–H groups in total. The number of hydrogen-bond donors (Lipinski definition) is 3. The molecule has 8 nitrogen and oxygen atoms in total. The van der Waals surface area contributed by atoms with E-state index in [2.05, 4.69) is 43.8 Å². The van der Waals surface area contributed by atoms with E-state index in [0.29, 0.717) is 12.2 Å². The molecule has 162 valence electrons. The Kier molecular flexibility index (Phi) is 6.24. The second-order valence-electron chi connectivity index (χ2n) is 7.99. The van der Waals surface area contributed by atoms with Gasteiger partial charge < -0.3 is 15.7 Å². The fraction of sp³-hybridized carbons (Fsp3) is 0.409. The number of rotatable bonds is 8. The van der Waals surface area contributed by atoms with Crippen molar-refractivity contribution in [1.82, 2.24) is 25.5 Å². The molecule has 0 spiro atoms. The summed E-state index contributed by atoms with van der Waals surface area (Å²) in [5, 5.41) is 24.7. The van der Waals surface area contributed by atoms with E-state index in [9.17, 15) is 9.90 Å². The van der Waals surface area contributed by atoms with E-state index in [4.69, 9.17) is 0 Å². The van der Waals surface area contributed by atoms with Crippen LogP contribution in [0.3, 0.4) is 0 Å². The third kappa shape index (κ3) is 4.72. The summed E-state index contributed by atoms with van der Waals surface area (Å²) in [5.41, 5.74) is 3.15. The van der Waals surface area contributed by atoms with Crippen molar-refractivity contribution in [2.24, 2.45) is 0 Å². The van der Waals surface area contributed by atoms with Gasteiger partial charge in [0.2, 0.25) is 5.91 Å². The average molecular weight is 439 g/mol. The van der Waals surface area contributed by atoms with Gasteiger partial charge in [-0.05, 0) is 50.5 Å². The second-order valence-corrected chi connectivity index (χ2v) is 9.10. The Balaban J connectivity index is 1.38. The number of thiazole rings is 1. The number of anilines is 1. The highest BCUT2D eigenvalue weighted by molar-refractivity contribution is 7.15. The quantitative estimate of drug-likeness (QED) is 0.496. The van der Waals surface area contributed by atoms with Crippen LogP contribution in [0.15, 0.2) is 36.7 Å². The van der Waals surface area contributed by atoms with Crippen LogP contribution in [-0.4, -0.2) is 43.8 Å². The van der Waals surface area contributed by atoms with Crippen molar-refractivity contribution in [3.63, 3.8) is 0 Å². The van der Waals surface area contributed by atoms with Crippen LogP contribution in [0, 0.1) is 6.92 Å². The molecule has 1 fully saturated rings. The normalized spacial score (nSPS) is 15.7. The molecule has 0 unspecified atom stereocenters. The second kappa shape index (κ2) is 9.07. The Labute approximate surface area is 185 Å². The minimum absolute atomic E-state index is 0.0619. The van der Waals surface area contributed by atoms with Gasteiger partial charge >= 0.3 is 0 Å². The number of aromatic nitrogens is 4. The predicted molar refractivity (Wildman–Crippen MR) is 120 cm³/mol. The minimum Gasteiger partial charge on any atom is -0.384 e. The van der Waals surface area contributed by atoms with Gasteiger partial charge in [0.05, 0.1) is 12.2 Å². The van der Waals surface area contributed by atoms with Crippen LogP contribution in [0.4, 0.5) is 5.82 Å². The maximum atomic E-state index is 11.5. The third-order valence-corrected chi connectivity index (χ3v) is 6.70. The summed E-state index contributed by atoms with van der Waals surface area (Å²) in [7, 11) is 0. The Bertz CT molecular complexity index is 1050. The summed E-state index contributed by atoms with van der Waals surface area (Å²) in [4.78, 5) is 21.4. The van der Waals surface area contributed by atoms with Crippen LogP contribution in [0.5, 0.6) is 0 Å². The molecule has 3 aromatic heterocycles. The topological polar surface area (TPSA) is 113 Å². The van der Waals surface area contributed by atoms with Crippen LogP contribution in [-0.2, 0) is 16.8 Å². The van der Waals surface area contributed by atoms with E-state index in [1.807, 2.05) is 24.4 Å². The number of nitrogens with one attached hydrogen (secondary N) is 2. The molecule has 4 rings (SSSR count). The van der Waals surface area contributed by atoms with Crippen molar-refractivity contribution in [3.05, 3.63) is 52.8 Å². The Hall–Kier alpha value is -2.91. The molecule has 3 heterocycles. The van der Waals surface area contributed by atoms with Gasteiger partial charge in [-0.2, -0.15) is 0 Å². The molecule has 1 aliphatic rings. The van der Waals surface area contributed by atoms with Gasteiger partial charge in [-0.1, -0.05) is 12.5 Å². The van der Waals surface area contributed by atoms with Gasteiger partial charge in [0.25, 0.3) is 0 Å². The molecule has 1 atom stereocenters. The lowest BCUT2D eigenvalue weighted by Crippen LogP contribution is -2.42. The Morgan fingerprint density at radius 2 is 2.10 bits per heavy atom. The molecular formula is C22H26N6O2S. The zero-order valence-electron chi connectivity index (χ0n) is 17.6. The summed E-state index contributed by atoms with van der Waals surface area (Å²) in [6.07, 6.45) is 6.00. The lowest BCUT2D eigenvalue weighted by Gasteiger charge is -2.42. The Morgan fingerprint density at radius 1 is 1.26 bits per heavy atom. The molecular weight excluding hydrogens is 412 g/mol. The van der Waals surface area contributed by atoms with Crippen LogP contribution in [0.1, 0.15) is 42.3 Å². The first-order valence-electron chi connectivity index (χ1n) is 10.4. The summed E-state index contributed by atoms with van der Waals surface area (Å²) in [5.74, 6) is 0.319. The number of carbonyl (C=O) groups is 1. The first-order valence-corrected chi connectivity index (χ1v) is 11.2. The number of carbonyl (C=O) groups excluding carboxylic acids is 1. The largest absolute Gasteiger partial charge is 0.384 e. The highest BCUT2D eigenvalue weighted by Crippen LogP contribution is 2.44. The van der Waals surface area contributed by atoms with Crippen LogP contribution < -0.4 is 10.6 Å². The molecule has 0 radical (unpaired) electrons. The van der Waals surface area contributed by atoms with Crippen molar-refractivity contribution in [1.29, 1.82) is 0 Å². The average Bonchev–Trinajstić information content (AvgIpc) is 3.22. The van der Waals surface area contributed by atoms with E-state index < -0.39 is 12.0 Å². The number of pyridine rings is 1. The van der Waals surface area contributed by atoms with Crippen molar-refractivity contribution in [3.8, 4) is 10.7 Å². The fourth-order valence-corrected chi connectivity index (χ4v) is 4.59. The maximum absolute atomic E-state index is 11.5. The van der Waals surface area contributed by atoms with Crippen molar-refractivity contribution >= 4 is 23.1 Å². The molecule has 9 heteroatoms. The maximum Gasteiger partial charge on any atom is 0.248 e. The van der Waals surface area contributed by atoms with E-state index in [1.54, 1.807) is 6.20 Å². The first-order chi connectivity index (χ1) is 15.0. The molecule has 1 amide bonds. The summed E-state index contributed by atoms with van der Waals surface area (Å²) >= 11 is 1.44. The molecule has 31 heavy (non-hydrogen) atoms. The lowest BCUT2D eigenvalue weighted by atomic mass is 9.65. The third-order valence-electron chi connectivity index (χ3n) is 5.68. The van der Waals surface area contributed by atoms with E-state index in [0.717, 1.165) is 35.1 Å². The first kappa shape index (κ1) is 21.3. The van der Waals surface area contributed by atoms with Gasteiger partial charge in [0, 0.05) is 29.2 Å². The van der Waals surface area contributed by atoms with Gasteiger partial charge in [0.15, 0.2) is 0 Å². The Morgan fingerprint density at radius 3 is 2.74 bits per heavy atom. The number of aliphatic hydroxyl groups excluding tert-OH is 1. The zero-order chi connectivity index (χ0) is 21.8. The monoisotopic (exact) mass is 438 g/mol. The SMILES string of the molecule is Cc1cccnc1C1(CNc2ccc(-c3ncc(CNC(=O)[C@@H](C)O)s3)nn2)CCC1. The standard InChI is InChI=1S/C22H26N6O2S/c1-14-5-3-10-23-19(14)22(8-4-9-22)13-26-18-7-6-17(27-28-18)21-25-12-16(31-21)11-24-20(30)15(2)29/h3,5-7,10,12,15,29H,4,8-9,11,13H2,1-2H3,(H,24,30)(H,26,28)/t15-/m1/s1. The number of nitrogens with zero attached hydrogens (tertiary/aromatic N) is 4. The van der Waals surface area contributed by atoms with Crippen LogP contribution in [0.25, 0.3) is 10.7 Å². The molecule has 0 aliphatic heterocycles. The van der Waals surface area contributed by atoms with Crippen molar-refractivity contribution < 1.29 is 9.90 Å². The van der Waals surface area contributed by atoms with Crippen LogP contribution >= 0.6 is 11.3 Å². The molecule has 3 aromatic rings. The molecule has 0 bridgehead atoms. The summed E-state index contributed by atoms with van der Waals surface area (Å²) in [6.45, 7) is 4.66. The van der Waals surface area contributed by atoms with E-state index >= 15 is 0 Å². The van der Waals surface area contributed by atoms with E-state index in [1.165, 1.54) is 35.9 Å².